The zero-order valence-electron chi connectivity index (χ0n) is 11.8. The normalized spacial score (nSPS) is 15.4. The van der Waals surface area contributed by atoms with E-state index in [4.69, 9.17) is 0 Å². The highest BCUT2D eigenvalue weighted by atomic mass is 79.9. The van der Waals surface area contributed by atoms with Gasteiger partial charge in [0, 0.05) is 16.2 Å². The fourth-order valence-corrected chi connectivity index (χ4v) is 3.07. The number of rotatable bonds is 1. The fraction of sp³-hybridized carbons (Fsp3) is 0.0588. The highest BCUT2D eigenvalue weighted by molar-refractivity contribution is 9.10. The van der Waals surface area contributed by atoms with E-state index in [1.165, 1.54) is 0 Å². The van der Waals surface area contributed by atoms with Gasteiger partial charge in [-0.15, -0.1) is 0 Å². The Morgan fingerprint density at radius 3 is 3.00 bits per heavy atom. The highest BCUT2D eigenvalue weighted by Crippen LogP contribution is 2.35. The van der Waals surface area contributed by atoms with E-state index in [-0.39, 0.29) is 5.91 Å². The van der Waals surface area contributed by atoms with Crippen LogP contribution < -0.4 is 5.32 Å². The summed E-state index contributed by atoms with van der Waals surface area (Å²) in [4.78, 5) is 16.7. The summed E-state index contributed by atoms with van der Waals surface area (Å²) in [7, 11) is 0. The second kappa shape index (κ2) is 4.81. The Morgan fingerprint density at radius 2 is 2.14 bits per heavy atom. The minimum atomic E-state index is -0.0748. The number of aryl methyl sites for hydroxylation is 1. The first-order valence-corrected chi connectivity index (χ1v) is 7.68. The maximum absolute atomic E-state index is 12.3. The smallest absolute Gasteiger partial charge is 0.256 e. The lowest BCUT2D eigenvalue weighted by Gasteiger charge is -2.02. The van der Waals surface area contributed by atoms with Gasteiger partial charge in [0.05, 0.1) is 23.2 Å². The zero-order valence-corrected chi connectivity index (χ0v) is 13.4. The van der Waals surface area contributed by atoms with Gasteiger partial charge in [0.15, 0.2) is 0 Å². The van der Waals surface area contributed by atoms with Crippen LogP contribution in [-0.2, 0) is 4.79 Å². The lowest BCUT2D eigenvalue weighted by atomic mass is 10.0. The minimum absolute atomic E-state index is 0.0748. The molecular weight excluding hydrogens is 342 g/mol. The molecule has 1 aliphatic rings. The topological polar surface area (TPSA) is 46.4 Å². The van der Waals surface area contributed by atoms with Crippen molar-refractivity contribution in [3.05, 3.63) is 64.0 Å². The predicted molar refractivity (Wildman–Crippen MR) is 90.6 cm³/mol. The van der Waals surface area contributed by atoms with E-state index < -0.39 is 0 Å². The van der Waals surface area contributed by atoms with E-state index in [1.807, 2.05) is 53.9 Å². The van der Waals surface area contributed by atoms with Crippen molar-refractivity contribution < 1.29 is 4.79 Å². The Bertz CT molecular complexity index is 956. The summed E-state index contributed by atoms with van der Waals surface area (Å²) in [6.07, 6.45) is 5.60. The summed E-state index contributed by atoms with van der Waals surface area (Å²) in [5.41, 5.74) is 5.29. The van der Waals surface area contributed by atoms with Gasteiger partial charge in [-0.2, -0.15) is 0 Å². The molecule has 0 saturated heterocycles. The number of para-hydroxylation sites is 1. The van der Waals surface area contributed by atoms with Gasteiger partial charge in [-0.3, -0.25) is 9.20 Å². The molecule has 3 aromatic rings. The molecule has 108 valence electrons. The van der Waals surface area contributed by atoms with E-state index in [2.05, 4.69) is 26.2 Å². The molecule has 0 unspecified atom stereocenters. The Balaban J connectivity index is 1.91. The van der Waals surface area contributed by atoms with Crippen molar-refractivity contribution in [2.24, 2.45) is 0 Å². The van der Waals surface area contributed by atoms with Crippen molar-refractivity contribution in [1.29, 1.82) is 0 Å². The van der Waals surface area contributed by atoms with Gasteiger partial charge in [0.25, 0.3) is 5.91 Å². The first-order chi connectivity index (χ1) is 10.6. The molecule has 1 N–H and O–H groups in total. The van der Waals surface area contributed by atoms with Gasteiger partial charge in [-0.05, 0) is 46.6 Å². The highest BCUT2D eigenvalue weighted by Gasteiger charge is 2.25. The first kappa shape index (κ1) is 13.3. The molecule has 3 heterocycles. The number of benzene rings is 1. The lowest BCUT2D eigenvalue weighted by Crippen LogP contribution is -2.04. The summed E-state index contributed by atoms with van der Waals surface area (Å²) < 4.78 is 2.92. The Kier molecular flexibility index (Phi) is 2.90. The van der Waals surface area contributed by atoms with E-state index in [1.54, 1.807) is 6.20 Å². The first-order valence-electron chi connectivity index (χ1n) is 6.89. The molecule has 0 spiro atoms. The van der Waals surface area contributed by atoms with Gasteiger partial charge < -0.3 is 5.32 Å². The molecule has 0 saturated carbocycles. The average molecular weight is 354 g/mol. The number of nitrogens with zero attached hydrogens (tertiary/aromatic N) is 2. The summed E-state index contributed by atoms with van der Waals surface area (Å²) in [5.74, 6) is -0.0748. The summed E-state index contributed by atoms with van der Waals surface area (Å²) >= 11 is 3.46. The van der Waals surface area contributed by atoms with Crippen molar-refractivity contribution in [1.82, 2.24) is 9.38 Å². The third kappa shape index (κ3) is 1.97. The van der Waals surface area contributed by atoms with E-state index in [0.29, 0.717) is 5.57 Å². The number of fused-ring (bicyclic) bond motifs is 2. The van der Waals surface area contributed by atoms with Crippen LogP contribution >= 0.6 is 15.9 Å². The number of halogens is 1. The van der Waals surface area contributed by atoms with E-state index in [0.717, 1.165) is 32.6 Å². The molecule has 1 aromatic carbocycles. The molecule has 0 radical (unpaired) electrons. The zero-order chi connectivity index (χ0) is 15.3. The number of anilines is 1. The number of carbonyl (C=O) groups is 1. The quantitative estimate of drug-likeness (QED) is 0.674. The second-order valence-electron chi connectivity index (χ2n) is 5.27. The molecule has 5 heteroatoms. The molecule has 0 aliphatic carbocycles. The van der Waals surface area contributed by atoms with Gasteiger partial charge >= 0.3 is 0 Å². The van der Waals surface area contributed by atoms with Crippen molar-refractivity contribution in [3.8, 4) is 0 Å². The van der Waals surface area contributed by atoms with Gasteiger partial charge in [-0.25, -0.2) is 4.98 Å². The number of pyridine rings is 1. The second-order valence-corrected chi connectivity index (χ2v) is 6.18. The van der Waals surface area contributed by atoms with Crippen LogP contribution in [0.25, 0.3) is 17.3 Å². The molecule has 4 nitrogen and oxygen atoms in total. The summed E-state index contributed by atoms with van der Waals surface area (Å²) in [5, 5.41) is 2.94. The molecule has 2 aromatic heterocycles. The Hall–Kier alpha value is -2.40. The molecule has 1 amide bonds. The third-order valence-corrected chi connectivity index (χ3v) is 4.31. The SMILES string of the molecule is Cc1cccc2c1NC(=O)/C2=C\c1cnc2ccc(Br)cn12. The molecule has 0 bridgehead atoms. The number of amides is 1. The van der Waals surface area contributed by atoms with Crippen LogP contribution in [0.2, 0.25) is 0 Å². The predicted octanol–water partition coefficient (Wildman–Crippen LogP) is 3.90. The summed E-state index contributed by atoms with van der Waals surface area (Å²) in [6, 6.07) is 9.80. The maximum Gasteiger partial charge on any atom is 0.256 e. The van der Waals surface area contributed by atoms with Crippen LogP contribution in [0.5, 0.6) is 0 Å². The molecule has 4 rings (SSSR count). The van der Waals surface area contributed by atoms with Crippen LogP contribution in [0.4, 0.5) is 5.69 Å². The molecule has 0 atom stereocenters. The lowest BCUT2D eigenvalue weighted by molar-refractivity contribution is -0.110. The van der Waals surface area contributed by atoms with Crippen molar-refractivity contribution in [2.75, 3.05) is 5.32 Å². The number of carbonyl (C=O) groups excluding carboxylic acids is 1. The number of hydrogen-bond donors (Lipinski definition) is 1. The number of nitrogens with one attached hydrogen (secondary N) is 1. The minimum Gasteiger partial charge on any atom is -0.321 e. The fourth-order valence-electron chi connectivity index (χ4n) is 2.73. The van der Waals surface area contributed by atoms with E-state index >= 15 is 0 Å². The van der Waals surface area contributed by atoms with Crippen LogP contribution in [0.1, 0.15) is 16.8 Å². The molecular formula is C17H12BrN3O. The molecule has 0 fully saturated rings. The average Bonchev–Trinajstić information content (AvgIpc) is 3.03. The summed E-state index contributed by atoms with van der Waals surface area (Å²) in [6.45, 7) is 1.99. The standard InChI is InChI=1S/C17H12BrN3O/c1-10-3-2-4-13-14(17(22)20-16(10)13)7-12-8-19-15-6-5-11(18)9-21(12)15/h2-9H,1H3,(H,20,22)/b14-7-. The largest absolute Gasteiger partial charge is 0.321 e. The Labute approximate surface area is 135 Å². The van der Waals surface area contributed by atoms with E-state index in [9.17, 15) is 4.79 Å². The van der Waals surface area contributed by atoms with Crippen LogP contribution in [0, 0.1) is 6.92 Å². The van der Waals surface area contributed by atoms with Gasteiger partial charge in [0.2, 0.25) is 0 Å². The number of hydrogen-bond acceptors (Lipinski definition) is 2. The van der Waals surface area contributed by atoms with Gasteiger partial charge in [0.1, 0.15) is 5.65 Å². The van der Waals surface area contributed by atoms with Crippen LogP contribution in [0.15, 0.2) is 47.2 Å². The number of imidazole rings is 1. The van der Waals surface area contributed by atoms with Crippen molar-refractivity contribution >= 4 is 44.8 Å². The van der Waals surface area contributed by atoms with Gasteiger partial charge in [-0.1, -0.05) is 18.2 Å². The van der Waals surface area contributed by atoms with Crippen molar-refractivity contribution in [3.63, 3.8) is 0 Å². The third-order valence-electron chi connectivity index (χ3n) is 3.84. The number of aromatic nitrogens is 2. The maximum atomic E-state index is 12.3. The molecule has 1 aliphatic heterocycles. The monoisotopic (exact) mass is 353 g/mol. The van der Waals surface area contributed by atoms with Crippen molar-refractivity contribution in [2.45, 2.75) is 6.92 Å². The Morgan fingerprint density at radius 1 is 1.27 bits per heavy atom. The van der Waals surface area contributed by atoms with Crippen LogP contribution in [-0.4, -0.2) is 15.3 Å². The van der Waals surface area contributed by atoms with Crippen LogP contribution in [0.3, 0.4) is 0 Å². The molecule has 22 heavy (non-hydrogen) atoms.